The number of hydrogen-bond acceptors (Lipinski definition) is 4. The fraction of sp³-hybridized carbons (Fsp3) is 0.320. The predicted molar refractivity (Wildman–Crippen MR) is 128 cm³/mol. The van der Waals surface area contributed by atoms with Gasteiger partial charge in [0.2, 0.25) is 0 Å². The van der Waals surface area contributed by atoms with Crippen LogP contribution < -0.4 is 10.2 Å². The molecule has 1 heterocycles. The fourth-order valence-electron chi connectivity index (χ4n) is 4.16. The molecule has 1 unspecified atom stereocenters. The Morgan fingerprint density at radius 3 is 2.77 bits per heavy atom. The van der Waals surface area contributed by atoms with Gasteiger partial charge in [-0.25, -0.2) is 4.79 Å². The van der Waals surface area contributed by atoms with E-state index >= 15 is 0 Å². The minimum absolute atomic E-state index is 0. The summed E-state index contributed by atoms with van der Waals surface area (Å²) in [6.45, 7) is 5.26. The largest absolute Gasteiger partial charge is 0.478 e. The average Bonchev–Trinajstić information content (AvgIpc) is 2.79. The van der Waals surface area contributed by atoms with Crippen molar-refractivity contribution < 1.29 is 14.6 Å². The summed E-state index contributed by atoms with van der Waals surface area (Å²) in [4.78, 5) is 13.5. The van der Waals surface area contributed by atoms with E-state index in [1.165, 1.54) is 16.3 Å². The van der Waals surface area contributed by atoms with Gasteiger partial charge in [-0.2, -0.15) is 0 Å². The molecule has 0 radical (unpaired) electrons. The van der Waals surface area contributed by atoms with E-state index in [0.29, 0.717) is 12.2 Å². The number of anilines is 1. The van der Waals surface area contributed by atoms with Crippen LogP contribution >= 0.6 is 12.4 Å². The van der Waals surface area contributed by atoms with Gasteiger partial charge in [-0.1, -0.05) is 48.5 Å². The van der Waals surface area contributed by atoms with E-state index < -0.39 is 5.97 Å². The van der Waals surface area contributed by atoms with Crippen molar-refractivity contribution in [1.29, 1.82) is 0 Å². The van der Waals surface area contributed by atoms with Gasteiger partial charge in [0.1, 0.15) is 0 Å². The van der Waals surface area contributed by atoms with Crippen molar-refractivity contribution in [3.8, 4) is 0 Å². The van der Waals surface area contributed by atoms with Crippen LogP contribution in [-0.2, 0) is 4.74 Å². The van der Waals surface area contributed by atoms with Gasteiger partial charge in [-0.15, -0.1) is 12.4 Å². The van der Waals surface area contributed by atoms with E-state index in [4.69, 9.17) is 4.74 Å². The Morgan fingerprint density at radius 2 is 1.94 bits per heavy atom. The van der Waals surface area contributed by atoms with Crippen LogP contribution in [0.3, 0.4) is 0 Å². The standard InChI is InChI=1S/C25H28N2O3.ClH/c1-18(23-11-5-7-19-6-2-3-10-24(19)23)26-13-12-22-17-27(14-15-30-22)21-9-4-8-20(16-21)25(28)29;/h2-11,16,18,22,26H,12-15,17H2,1H3,(H,28,29);1H/t18-,22?;/m1./s1. The smallest absolute Gasteiger partial charge is 0.335 e. The van der Waals surface area contributed by atoms with Gasteiger partial charge < -0.3 is 20.1 Å². The lowest BCUT2D eigenvalue weighted by molar-refractivity contribution is 0.0351. The first kappa shape index (κ1) is 23.1. The van der Waals surface area contributed by atoms with Crippen LogP contribution in [0.4, 0.5) is 5.69 Å². The van der Waals surface area contributed by atoms with Crippen LogP contribution in [0, 0.1) is 0 Å². The molecule has 0 bridgehead atoms. The molecule has 0 aliphatic carbocycles. The molecule has 0 saturated carbocycles. The third-order valence-corrected chi connectivity index (χ3v) is 5.80. The average molecular weight is 441 g/mol. The second kappa shape index (κ2) is 10.6. The number of nitrogens with zero attached hydrogens (tertiary/aromatic N) is 1. The topological polar surface area (TPSA) is 61.8 Å². The maximum Gasteiger partial charge on any atom is 0.335 e. The highest BCUT2D eigenvalue weighted by atomic mass is 35.5. The molecule has 2 atom stereocenters. The van der Waals surface area contributed by atoms with Gasteiger partial charge in [-0.3, -0.25) is 0 Å². The van der Waals surface area contributed by atoms with Gasteiger partial charge in [-0.05, 0) is 54.4 Å². The second-order valence-corrected chi connectivity index (χ2v) is 7.83. The normalized spacial score (nSPS) is 17.2. The maximum atomic E-state index is 11.3. The summed E-state index contributed by atoms with van der Waals surface area (Å²) in [6, 6.07) is 22.3. The van der Waals surface area contributed by atoms with Crippen molar-refractivity contribution in [3.63, 3.8) is 0 Å². The lowest BCUT2D eigenvalue weighted by Gasteiger charge is -2.35. The molecule has 6 heteroatoms. The second-order valence-electron chi connectivity index (χ2n) is 7.83. The molecule has 3 aromatic carbocycles. The molecule has 164 valence electrons. The van der Waals surface area contributed by atoms with E-state index in [1.54, 1.807) is 18.2 Å². The number of ether oxygens (including phenoxy) is 1. The van der Waals surface area contributed by atoms with E-state index in [9.17, 15) is 9.90 Å². The molecule has 31 heavy (non-hydrogen) atoms. The summed E-state index contributed by atoms with van der Waals surface area (Å²) in [7, 11) is 0. The summed E-state index contributed by atoms with van der Waals surface area (Å²) >= 11 is 0. The predicted octanol–water partition coefficient (Wildman–Crippen LogP) is 4.91. The van der Waals surface area contributed by atoms with Crippen LogP contribution in [-0.4, -0.2) is 43.4 Å². The Labute approximate surface area is 189 Å². The maximum absolute atomic E-state index is 11.3. The van der Waals surface area contributed by atoms with Crippen molar-refractivity contribution >= 4 is 34.8 Å². The Kier molecular flexibility index (Phi) is 7.91. The molecular formula is C25H29ClN2O3. The summed E-state index contributed by atoms with van der Waals surface area (Å²) in [5.74, 6) is -0.895. The van der Waals surface area contributed by atoms with Crippen LogP contribution in [0.5, 0.6) is 0 Å². The number of halogens is 1. The van der Waals surface area contributed by atoms with Gasteiger partial charge in [0.25, 0.3) is 0 Å². The van der Waals surface area contributed by atoms with Gasteiger partial charge >= 0.3 is 5.97 Å². The molecule has 1 saturated heterocycles. The molecular weight excluding hydrogens is 412 g/mol. The van der Waals surface area contributed by atoms with Crippen molar-refractivity contribution in [2.45, 2.75) is 25.5 Å². The zero-order valence-corrected chi connectivity index (χ0v) is 18.5. The third-order valence-electron chi connectivity index (χ3n) is 5.80. The van der Waals surface area contributed by atoms with E-state index in [2.05, 4.69) is 59.6 Å². The van der Waals surface area contributed by atoms with Gasteiger partial charge in [0.05, 0.1) is 18.3 Å². The SMILES string of the molecule is C[C@@H](NCCC1CN(c2cccc(C(=O)O)c2)CCO1)c1cccc2ccccc12.Cl. The highest BCUT2D eigenvalue weighted by molar-refractivity contribution is 5.89. The summed E-state index contributed by atoms with van der Waals surface area (Å²) in [6.07, 6.45) is 1.03. The molecule has 1 fully saturated rings. The van der Waals surface area contributed by atoms with E-state index in [-0.39, 0.29) is 24.6 Å². The Hall–Kier alpha value is -2.60. The Bertz CT molecular complexity index is 1020. The van der Waals surface area contributed by atoms with E-state index in [0.717, 1.165) is 31.7 Å². The minimum atomic E-state index is -0.895. The first-order chi connectivity index (χ1) is 14.6. The van der Waals surface area contributed by atoms with Crippen molar-refractivity contribution in [2.24, 2.45) is 0 Å². The number of fused-ring (bicyclic) bond motifs is 1. The highest BCUT2D eigenvalue weighted by Crippen LogP contribution is 2.24. The first-order valence-corrected chi connectivity index (χ1v) is 10.5. The number of aromatic carboxylic acids is 1. The summed E-state index contributed by atoms with van der Waals surface area (Å²) in [5.41, 5.74) is 2.58. The lowest BCUT2D eigenvalue weighted by Crippen LogP contribution is -2.43. The number of carboxylic acids is 1. The number of carbonyl (C=O) groups is 1. The van der Waals surface area contributed by atoms with Gasteiger partial charge in [0.15, 0.2) is 0 Å². The fourth-order valence-corrected chi connectivity index (χ4v) is 4.16. The Balaban J connectivity index is 0.00000272. The molecule has 2 N–H and O–H groups in total. The van der Waals surface area contributed by atoms with Gasteiger partial charge in [0, 0.05) is 24.8 Å². The zero-order valence-electron chi connectivity index (χ0n) is 17.7. The van der Waals surface area contributed by atoms with E-state index in [1.807, 2.05) is 6.07 Å². The molecule has 0 amide bonds. The van der Waals surface area contributed by atoms with Crippen molar-refractivity contribution in [1.82, 2.24) is 5.32 Å². The molecule has 4 rings (SSSR count). The minimum Gasteiger partial charge on any atom is -0.478 e. The summed E-state index contributed by atoms with van der Waals surface area (Å²) < 4.78 is 5.97. The lowest BCUT2D eigenvalue weighted by atomic mass is 9.99. The Morgan fingerprint density at radius 1 is 1.16 bits per heavy atom. The number of benzene rings is 3. The molecule has 0 aromatic heterocycles. The molecule has 1 aliphatic heterocycles. The molecule has 1 aliphatic rings. The van der Waals surface area contributed by atoms with Crippen LogP contribution in [0.25, 0.3) is 10.8 Å². The quantitative estimate of drug-likeness (QED) is 0.546. The van der Waals surface area contributed by atoms with Crippen LogP contribution in [0.1, 0.15) is 35.3 Å². The molecule has 0 spiro atoms. The zero-order chi connectivity index (χ0) is 20.9. The molecule has 5 nitrogen and oxygen atoms in total. The highest BCUT2D eigenvalue weighted by Gasteiger charge is 2.21. The number of morpholine rings is 1. The molecule has 3 aromatic rings. The van der Waals surface area contributed by atoms with Crippen molar-refractivity contribution in [3.05, 3.63) is 77.9 Å². The van der Waals surface area contributed by atoms with Crippen LogP contribution in [0.15, 0.2) is 66.7 Å². The number of hydrogen-bond donors (Lipinski definition) is 2. The monoisotopic (exact) mass is 440 g/mol. The van der Waals surface area contributed by atoms with Crippen molar-refractivity contribution in [2.75, 3.05) is 31.1 Å². The first-order valence-electron chi connectivity index (χ1n) is 10.5. The summed E-state index contributed by atoms with van der Waals surface area (Å²) in [5, 5.41) is 15.4. The van der Waals surface area contributed by atoms with Crippen LogP contribution in [0.2, 0.25) is 0 Å². The number of carboxylic acid groups (broad SMARTS) is 1. The number of rotatable bonds is 7. The number of nitrogens with one attached hydrogen (secondary N) is 1. The third kappa shape index (κ3) is 5.56.